The first-order valence-corrected chi connectivity index (χ1v) is 6.11. The second-order valence-corrected chi connectivity index (χ2v) is 4.87. The third-order valence-corrected chi connectivity index (χ3v) is 3.46. The lowest BCUT2D eigenvalue weighted by atomic mass is 10.0. The summed E-state index contributed by atoms with van der Waals surface area (Å²) < 4.78 is 13.3. The number of halogens is 4. The normalized spacial score (nSPS) is 12.5. The lowest BCUT2D eigenvalue weighted by molar-refractivity contribution is 0.626. The predicted octanol–water partition coefficient (Wildman–Crippen LogP) is 5.46. The van der Waals surface area contributed by atoms with E-state index >= 15 is 0 Å². The predicted molar refractivity (Wildman–Crippen MR) is 70.6 cm³/mol. The zero-order valence-electron chi connectivity index (χ0n) is 8.63. The molecule has 0 amide bonds. The fourth-order valence-electron chi connectivity index (χ4n) is 1.49. The molecule has 0 aliphatic heterocycles. The Hall–Kier alpha value is -0.760. The summed E-state index contributed by atoms with van der Waals surface area (Å²) in [7, 11) is 0. The molecule has 0 spiro atoms. The molecule has 4 heteroatoms. The molecule has 0 saturated carbocycles. The fraction of sp³-hybridized carbons (Fsp3) is 0.0769. The Balaban J connectivity index is 2.33. The maximum atomic E-state index is 13.3. The molecule has 0 nitrogen and oxygen atoms in total. The Labute approximate surface area is 114 Å². The van der Waals surface area contributed by atoms with Gasteiger partial charge in [-0.2, -0.15) is 0 Å². The zero-order valence-corrected chi connectivity index (χ0v) is 10.9. The van der Waals surface area contributed by atoms with Crippen molar-refractivity contribution in [2.24, 2.45) is 0 Å². The Kier molecular flexibility index (Phi) is 3.93. The average molecular weight is 290 g/mol. The van der Waals surface area contributed by atoms with Crippen LogP contribution in [0.3, 0.4) is 0 Å². The molecule has 2 rings (SSSR count). The maximum absolute atomic E-state index is 13.3. The molecular weight excluding hydrogens is 282 g/mol. The van der Waals surface area contributed by atoms with E-state index in [4.69, 9.17) is 34.8 Å². The van der Waals surface area contributed by atoms with Crippen molar-refractivity contribution in [1.82, 2.24) is 0 Å². The Bertz CT molecular complexity index is 523. The Morgan fingerprint density at radius 1 is 0.882 bits per heavy atom. The van der Waals surface area contributed by atoms with Gasteiger partial charge in [0.15, 0.2) is 0 Å². The third kappa shape index (κ3) is 2.92. The van der Waals surface area contributed by atoms with Gasteiger partial charge in [0.1, 0.15) is 5.82 Å². The second-order valence-electron chi connectivity index (χ2n) is 3.59. The summed E-state index contributed by atoms with van der Waals surface area (Å²) in [4.78, 5) is 0. The first-order valence-electron chi connectivity index (χ1n) is 4.92. The number of benzene rings is 2. The van der Waals surface area contributed by atoms with E-state index in [1.807, 2.05) is 12.1 Å². The minimum Gasteiger partial charge on any atom is -0.205 e. The molecule has 0 fully saturated rings. The van der Waals surface area contributed by atoms with E-state index in [0.717, 1.165) is 5.56 Å². The topological polar surface area (TPSA) is 0 Å². The van der Waals surface area contributed by atoms with Gasteiger partial charge in [-0.15, -0.1) is 11.6 Å². The van der Waals surface area contributed by atoms with Gasteiger partial charge in [-0.05, 0) is 35.4 Å². The highest BCUT2D eigenvalue weighted by atomic mass is 35.5. The van der Waals surface area contributed by atoms with Crippen molar-refractivity contribution < 1.29 is 4.39 Å². The molecular formula is C13H8Cl3F. The standard InChI is InChI=1S/C13H8Cl3F/c14-10-4-1-8(2-5-10)13(16)9-3-6-11(15)12(17)7-9/h1-7,13H. The van der Waals surface area contributed by atoms with Crippen LogP contribution in [0.5, 0.6) is 0 Å². The molecule has 0 bridgehead atoms. The van der Waals surface area contributed by atoms with Crippen LogP contribution < -0.4 is 0 Å². The molecule has 1 atom stereocenters. The van der Waals surface area contributed by atoms with Crippen molar-refractivity contribution in [1.29, 1.82) is 0 Å². The molecule has 2 aromatic rings. The number of rotatable bonds is 2. The molecule has 88 valence electrons. The highest BCUT2D eigenvalue weighted by Gasteiger charge is 2.12. The lowest BCUT2D eigenvalue weighted by Gasteiger charge is -2.10. The van der Waals surface area contributed by atoms with Crippen LogP contribution in [0.1, 0.15) is 16.5 Å². The van der Waals surface area contributed by atoms with Crippen LogP contribution in [-0.4, -0.2) is 0 Å². The van der Waals surface area contributed by atoms with Crippen molar-refractivity contribution in [3.8, 4) is 0 Å². The van der Waals surface area contributed by atoms with Gasteiger partial charge in [-0.3, -0.25) is 0 Å². The van der Waals surface area contributed by atoms with Crippen molar-refractivity contribution in [2.45, 2.75) is 5.38 Å². The highest BCUT2D eigenvalue weighted by molar-refractivity contribution is 6.31. The van der Waals surface area contributed by atoms with Crippen LogP contribution in [0.25, 0.3) is 0 Å². The van der Waals surface area contributed by atoms with Gasteiger partial charge < -0.3 is 0 Å². The zero-order chi connectivity index (χ0) is 12.4. The quantitative estimate of drug-likeness (QED) is 0.644. The van der Waals surface area contributed by atoms with Crippen LogP contribution in [0.2, 0.25) is 10.0 Å². The van der Waals surface area contributed by atoms with Gasteiger partial charge in [0, 0.05) is 5.02 Å². The molecule has 0 saturated heterocycles. The molecule has 0 aliphatic carbocycles. The van der Waals surface area contributed by atoms with E-state index in [-0.39, 0.29) is 5.02 Å². The van der Waals surface area contributed by atoms with E-state index in [1.165, 1.54) is 12.1 Å². The first-order chi connectivity index (χ1) is 8.08. The van der Waals surface area contributed by atoms with Crippen molar-refractivity contribution >= 4 is 34.8 Å². The van der Waals surface area contributed by atoms with Gasteiger partial charge in [0.2, 0.25) is 0 Å². The largest absolute Gasteiger partial charge is 0.205 e. The van der Waals surface area contributed by atoms with Gasteiger partial charge in [-0.25, -0.2) is 4.39 Å². The summed E-state index contributed by atoms with van der Waals surface area (Å²) in [6.45, 7) is 0. The Morgan fingerprint density at radius 3 is 2.06 bits per heavy atom. The van der Waals surface area contributed by atoms with Crippen LogP contribution in [0.4, 0.5) is 4.39 Å². The average Bonchev–Trinajstić information content (AvgIpc) is 2.33. The van der Waals surface area contributed by atoms with Crippen molar-refractivity contribution in [3.63, 3.8) is 0 Å². The minimum absolute atomic E-state index is 0.0914. The van der Waals surface area contributed by atoms with Crippen LogP contribution >= 0.6 is 34.8 Å². The van der Waals surface area contributed by atoms with Gasteiger partial charge in [-0.1, -0.05) is 41.4 Å². The molecule has 1 unspecified atom stereocenters. The molecule has 0 aliphatic rings. The van der Waals surface area contributed by atoms with E-state index < -0.39 is 11.2 Å². The molecule has 0 heterocycles. The van der Waals surface area contributed by atoms with E-state index in [0.29, 0.717) is 10.6 Å². The van der Waals surface area contributed by atoms with Gasteiger partial charge >= 0.3 is 0 Å². The maximum Gasteiger partial charge on any atom is 0.142 e. The summed E-state index contributed by atoms with van der Waals surface area (Å²) in [5.41, 5.74) is 1.52. The first kappa shape index (κ1) is 12.7. The summed E-state index contributed by atoms with van der Waals surface area (Å²) in [6.07, 6.45) is 0. The third-order valence-electron chi connectivity index (χ3n) is 2.40. The SMILES string of the molecule is Fc1cc(C(Cl)c2ccc(Cl)cc2)ccc1Cl. The van der Waals surface area contributed by atoms with Crippen molar-refractivity contribution in [2.75, 3.05) is 0 Å². The Morgan fingerprint density at radius 2 is 1.47 bits per heavy atom. The summed E-state index contributed by atoms with van der Waals surface area (Å²) in [5, 5.41) is 0.313. The molecule has 0 radical (unpaired) electrons. The smallest absolute Gasteiger partial charge is 0.142 e. The molecule has 17 heavy (non-hydrogen) atoms. The number of hydrogen-bond acceptors (Lipinski definition) is 0. The van der Waals surface area contributed by atoms with Gasteiger partial charge in [0.05, 0.1) is 10.4 Å². The van der Waals surface area contributed by atoms with E-state index in [1.54, 1.807) is 18.2 Å². The summed E-state index contributed by atoms with van der Waals surface area (Å²) in [6, 6.07) is 11.7. The second kappa shape index (κ2) is 5.26. The van der Waals surface area contributed by atoms with Gasteiger partial charge in [0.25, 0.3) is 0 Å². The number of hydrogen-bond donors (Lipinski definition) is 0. The molecule has 2 aromatic carbocycles. The molecule has 0 aromatic heterocycles. The fourth-order valence-corrected chi connectivity index (χ4v) is 2.02. The summed E-state index contributed by atoms with van der Waals surface area (Å²) in [5.74, 6) is -0.469. The lowest BCUT2D eigenvalue weighted by Crippen LogP contribution is -1.94. The van der Waals surface area contributed by atoms with E-state index in [2.05, 4.69) is 0 Å². The van der Waals surface area contributed by atoms with Crippen LogP contribution in [-0.2, 0) is 0 Å². The monoisotopic (exact) mass is 288 g/mol. The van der Waals surface area contributed by atoms with Crippen LogP contribution in [0, 0.1) is 5.82 Å². The van der Waals surface area contributed by atoms with Crippen LogP contribution in [0.15, 0.2) is 42.5 Å². The van der Waals surface area contributed by atoms with Crippen molar-refractivity contribution in [3.05, 3.63) is 69.5 Å². The number of alkyl halides is 1. The molecule has 0 N–H and O–H groups in total. The van der Waals surface area contributed by atoms with E-state index in [9.17, 15) is 4.39 Å². The minimum atomic E-state index is -0.469. The summed E-state index contributed by atoms with van der Waals surface area (Å²) >= 11 is 17.7. The highest BCUT2D eigenvalue weighted by Crippen LogP contribution is 2.31.